The zero-order chi connectivity index (χ0) is 19.3. The van der Waals surface area contributed by atoms with Crippen LogP contribution in [0.3, 0.4) is 0 Å². The maximum Gasteiger partial charge on any atom is 0.251 e. The molecule has 1 aromatic heterocycles. The van der Waals surface area contributed by atoms with Crippen LogP contribution >= 0.6 is 0 Å². The molecule has 0 saturated heterocycles. The Morgan fingerprint density at radius 2 is 1.86 bits per heavy atom. The highest BCUT2D eigenvalue weighted by Crippen LogP contribution is 2.27. The molecule has 0 fully saturated rings. The SMILES string of the molecule is O=C(NC[C@@H](c1cccnc1)N1CCc2ccccc2C1)c1ccc(F)cc1. The second-order valence-electron chi connectivity index (χ2n) is 7.01. The highest BCUT2D eigenvalue weighted by Gasteiger charge is 2.25. The lowest BCUT2D eigenvalue weighted by atomic mass is 9.97. The standard InChI is InChI=1S/C23H22FN3O/c24-21-9-7-18(8-10-21)23(28)26-15-22(19-6-3-12-25-14-19)27-13-11-17-4-1-2-5-20(17)16-27/h1-10,12,14,22H,11,13,15-16H2,(H,26,28)/t22-/m0/s1. The summed E-state index contributed by atoms with van der Waals surface area (Å²) >= 11 is 0. The number of nitrogens with one attached hydrogen (secondary N) is 1. The molecule has 1 amide bonds. The van der Waals surface area contributed by atoms with Crippen molar-refractivity contribution in [1.82, 2.24) is 15.2 Å². The summed E-state index contributed by atoms with van der Waals surface area (Å²) in [7, 11) is 0. The molecule has 28 heavy (non-hydrogen) atoms. The van der Waals surface area contributed by atoms with Gasteiger partial charge in [-0.2, -0.15) is 0 Å². The number of carbonyl (C=O) groups excluding carboxylic acids is 1. The Labute approximate surface area is 164 Å². The first-order valence-corrected chi connectivity index (χ1v) is 9.45. The third-order valence-corrected chi connectivity index (χ3v) is 5.23. The van der Waals surface area contributed by atoms with Gasteiger partial charge in [0, 0.05) is 37.6 Å². The van der Waals surface area contributed by atoms with Gasteiger partial charge < -0.3 is 5.32 Å². The quantitative estimate of drug-likeness (QED) is 0.739. The Hall–Kier alpha value is -3.05. The molecule has 0 aliphatic carbocycles. The topological polar surface area (TPSA) is 45.2 Å². The lowest BCUT2D eigenvalue weighted by Crippen LogP contribution is -2.40. The van der Waals surface area contributed by atoms with Gasteiger partial charge >= 0.3 is 0 Å². The molecule has 2 heterocycles. The highest BCUT2D eigenvalue weighted by molar-refractivity contribution is 5.94. The lowest BCUT2D eigenvalue weighted by molar-refractivity contribution is 0.0927. The van der Waals surface area contributed by atoms with Gasteiger partial charge in [-0.05, 0) is 53.4 Å². The van der Waals surface area contributed by atoms with E-state index in [1.54, 1.807) is 6.20 Å². The van der Waals surface area contributed by atoms with Crippen molar-refractivity contribution in [2.24, 2.45) is 0 Å². The molecule has 0 spiro atoms. The van der Waals surface area contributed by atoms with Gasteiger partial charge in [0.05, 0.1) is 6.04 Å². The Kier molecular flexibility index (Phi) is 5.44. The van der Waals surface area contributed by atoms with E-state index in [1.165, 1.54) is 35.4 Å². The molecule has 1 aliphatic rings. The van der Waals surface area contributed by atoms with Crippen molar-refractivity contribution in [2.45, 2.75) is 19.0 Å². The summed E-state index contributed by atoms with van der Waals surface area (Å²) in [6.45, 7) is 2.22. The molecule has 0 radical (unpaired) electrons. The van der Waals surface area contributed by atoms with Crippen LogP contribution in [-0.2, 0) is 13.0 Å². The van der Waals surface area contributed by atoms with Crippen molar-refractivity contribution in [3.8, 4) is 0 Å². The number of hydrogen-bond donors (Lipinski definition) is 1. The smallest absolute Gasteiger partial charge is 0.251 e. The molecule has 0 unspecified atom stereocenters. The van der Waals surface area contributed by atoms with E-state index in [9.17, 15) is 9.18 Å². The van der Waals surface area contributed by atoms with Gasteiger partial charge in [-0.3, -0.25) is 14.7 Å². The first kappa shape index (κ1) is 18.3. The number of rotatable bonds is 5. The Morgan fingerprint density at radius 3 is 2.61 bits per heavy atom. The number of fused-ring (bicyclic) bond motifs is 1. The largest absolute Gasteiger partial charge is 0.350 e. The van der Waals surface area contributed by atoms with Gasteiger partial charge in [0.25, 0.3) is 5.91 Å². The van der Waals surface area contributed by atoms with Gasteiger partial charge in [-0.15, -0.1) is 0 Å². The number of pyridine rings is 1. The zero-order valence-electron chi connectivity index (χ0n) is 15.5. The molecule has 142 valence electrons. The van der Waals surface area contributed by atoms with E-state index in [-0.39, 0.29) is 17.8 Å². The van der Waals surface area contributed by atoms with E-state index >= 15 is 0 Å². The van der Waals surface area contributed by atoms with E-state index in [0.717, 1.165) is 25.1 Å². The molecular weight excluding hydrogens is 353 g/mol. The van der Waals surface area contributed by atoms with Crippen LogP contribution in [0.1, 0.15) is 33.1 Å². The van der Waals surface area contributed by atoms with Crippen molar-refractivity contribution < 1.29 is 9.18 Å². The number of benzene rings is 2. The molecule has 0 saturated carbocycles. The molecule has 0 bridgehead atoms. The molecule has 4 rings (SSSR count). The zero-order valence-corrected chi connectivity index (χ0v) is 15.5. The van der Waals surface area contributed by atoms with Crippen LogP contribution in [-0.4, -0.2) is 28.9 Å². The number of hydrogen-bond acceptors (Lipinski definition) is 3. The van der Waals surface area contributed by atoms with Gasteiger partial charge in [-0.25, -0.2) is 4.39 Å². The van der Waals surface area contributed by atoms with Crippen molar-refractivity contribution in [3.05, 3.63) is 101 Å². The molecule has 1 aliphatic heterocycles. The molecule has 4 nitrogen and oxygen atoms in total. The maximum atomic E-state index is 13.1. The van der Waals surface area contributed by atoms with Crippen LogP contribution in [0.2, 0.25) is 0 Å². The fourth-order valence-corrected chi connectivity index (χ4v) is 3.71. The second kappa shape index (κ2) is 8.31. The van der Waals surface area contributed by atoms with Gasteiger partial charge in [0.15, 0.2) is 0 Å². The fourth-order valence-electron chi connectivity index (χ4n) is 3.71. The molecule has 2 aromatic carbocycles. The molecule has 1 N–H and O–H groups in total. The minimum Gasteiger partial charge on any atom is -0.350 e. The summed E-state index contributed by atoms with van der Waals surface area (Å²) in [4.78, 5) is 19.1. The van der Waals surface area contributed by atoms with Crippen molar-refractivity contribution >= 4 is 5.91 Å². The van der Waals surface area contributed by atoms with Crippen LogP contribution in [0.4, 0.5) is 4.39 Å². The van der Waals surface area contributed by atoms with E-state index in [1.807, 2.05) is 18.3 Å². The lowest BCUT2D eigenvalue weighted by Gasteiger charge is -2.36. The molecule has 1 atom stereocenters. The highest BCUT2D eigenvalue weighted by atomic mass is 19.1. The van der Waals surface area contributed by atoms with E-state index in [4.69, 9.17) is 0 Å². The average molecular weight is 375 g/mol. The minimum atomic E-state index is -0.350. The summed E-state index contributed by atoms with van der Waals surface area (Å²) < 4.78 is 13.1. The summed E-state index contributed by atoms with van der Waals surface area (Å²) in [6, 6.07) is 18.1. The molecule has 3 aromatic rings. The van der Waals surface area contributed by atoms with Gasteiger partial charge in [0.2, 0.25) is 0 Å². The number of carbonyl (C=O) groups is 1. The number of nitrogens with zero attached hydrogens (tertiary/aromatic N) is 2. The Bertz CT molecular complexity index is 944. The first-order chi connectivity index (χ1) is 13.7. The number of amides is 1. The van der Waals surface area contributed by atoms with Crippen molar-refractivity contribution in [1.29, 1.82) is 0 Å². The summed E-state index contributed by atoms with van der Waals surface area (Å²) in [5, 5.41) is 3.01. The van der Waals surface area contributed by atoms with Crippen LogP contribution in [0.15, 0.2) is 73.1 Å². The maximum absolute atomic E-state index is 13.1. The molecule has 5 heteroatoms. The van der Waals surface area contributed by atoms with E-state index in [0.29, 0.717) is 12.1 Å². The average Bonchev–Trinajstić information content (AvgIpc) is 2.75. The third-order valence-electron chi connectivity index (χ3n) is 5.23. The number of aromatic nitrogens is 1. The summed E-state index contributed by atoms with van der Waals surface area (Å²) in [6.07, 6.45) is 4.59. The third kappa shape index (κ3) is 4.10. The Balaban J connectivity index is 1.52. The van der Waals surface area contributed by atoms with Crippen LogP contribution in [0.5, 0.6) is 0 Å². The number of halogens is 1. The van der Waals surface area contributed by atoms with Crippen molar-refractivity contribution in [2.75, 3.05) is 13.1 Å². The molecular formula is C23H22FN3O. The van der Waals surface area contributed by atoms with Crippen LogP contribution in [0, 0.1) is 5.82 Å². The second-order valence-corrected chi connectivity index (χ2v) is 7.01. The normalized spacial score (nSPS) is 14.9. The van der Waals surface area contributed by atoms with E-state index < -0.39 is 0 Å². The van der Waals surface area contributed by atoms with E-state index in [2.05, 4.69) is 39.5 Å². The van der Waals surface area contributed by atoms with Crippen molar-refractivity contribution in [3.63, 3.8) is 0 Å². The van der Waals surface area contributed by atoms with Crippen LogP contribution < -0.4 is 5.32 Å². The predicted molar refractivity (Wildman–Crippen MR) is 106 cm³/mol. The fraction of sp³-hybridized carbons (Fsp3) is 0.217. The van der Waals surface area contributed by atoms with Gasteiger partial charge in [0.1, 0.15) is 5.82 Å². The first-order valence-electron chi connectivity index (χ1n) is 9.45. The predicted octanol–water partition coefficient (Wildman–Crippen LogP) is 3.75. The summed E-state index contributed by atoms with van der Waals surface area (Å²) in [5.74, 6) is -0.553. The van der Waals surface area contributed by atoms with Crippen LogP contribution in [0.25, 0.3) is 0 Å². The van der Waals surface area contributed by atoms with Gasteiger partial charge in [-0.1, -0.05) is 30.3 Å². The minimum absolute atomic E-state index is 0.0199. The monoisotopic (exact) mass is 375 g/mol. The summed E-state index contributed by atoms with van der Waals surface area (Å²) in [5.41, 5.74) is 4.24. The Morgan fingerprint density at radius 1 is 1.07 bits per heavy atom.